The van der Waals surface area contributed by atoms with E-state index >= 15 is 0 Å². The van der Waals surface area contributed by atoms with Gasteiger partial charge in [0, 0.05) is 0 Å². The van der Waals surface area contributed by atoms with E-state index in [1.165, 1.54) is 57.8 Å². The van der Waals surface area contributed by atoms with Crippen LogP contribution in [0.2, 0.25) is 0 Å². The van der Waals surface area contributed by atoms with Crippen LogP contribution in [-0.2, 0) is 0 Å². The molecular weight excluding hydrogens is 167 g/mol. The highest BCUT2D eigenvalue weighted by molar-refractivity contribution is 4.44. The van der Waals surface area contributed by atoms with Gasteiger partial charge in [0.2, 0.25) is 0 Å². The van der Waals surface area contributed by atoms with Gasteiger partial charge in [0.25, 0.3) is 0 Å². The predicted octanol–water partition coefficient (Wildman–Crippen LogP) is 3.86. The van der Waals surface area contributed by atoms with E-state index in [2.05, 4.69) is 13.8 Å². The van der Waals surface area contributed by atoms with Crippen molar-refractivity contribution in [2.75, 3.05) is 0 Å². The standard InChI is InChI=1S/C11H24.FH.H2O/c1-3-5-7-9-11-10-8-6-4-2;;/h3-11H2,1-2H3;1H;1H2. The lowest BCUT2D eigenvalue weighted by atomic mass is 10.1. The molecule has 2 heteroatoms. The summed E-state index contributed by atoms with van der Waals surface area (Å²) in [5.74, 6) is 0. The molecule has 0 aromatic rings. The Hall–Kier alpha value is -0.110. The van der Waals surface area contributed by atoms with E-state index in [-0.39, 0.29) is 10.2 Å². The highest BCUT2D eigenvalue weighted by Gasteiger charge is 1.88. The topological polar surface area (TPSA) is 31.5 Å². The monoisotopic (exact) mass is 194 g/mol. The average Bonchev–Trinajstić information content (AvgIpc) is 2.03. The van der Waals surface area contributed by atoms with Crippen molar-refractivity contribution in [2.45, 2.75) is 71.6 Å². The minimum absolute atomic E-state index is 0. The molecule has 0 spiro atoms. The van der Waals surface area contributed by atoms with Gasteiger partial charge in [-0.3, -0.25) is 4.70 Å². The molecular formula is C11H27FO. The van der Waals surface area contributed by atoms with Crippen LogP contribution in [0, 0.1) is 0 Å². The van der Waals surface area contributed by atoms with Gasteiger partial charge in [-0.2, -0.15) is 0 Å². The highest BCUT2D eigenvalue weighted by atomic mass is 19.0. The molecule has 0 bridgehead atoms. The van der Waals surface area contributed by atoms with E-state index < -0.39 is 0 Å². The zero-order chi connectivity index (χ0) is 8.36. The first-order valence-electron chi connectivity index (χ1n) is 5.41. The maximum Gasteiger partial charge on any atom is -0.0533 e. The summed E-state index contributed by atoms with van der Waals surface area (Å²) in [7, 11) is 0. The van der Waals surface area contributed by atoms with Gasteiger partial charge in [-0.25, -0.2) is 0 Å². The summed E-state index contributed by atoms with van der Waals surface area (Å²) >= 11 is 0. The fourth-order valence-electron chi connectivity index (χ4n) is 1.38. The summed E-state index contributed by atoms with van der Waals surface area (Å²) in [6, 6.07) is 0. The van der Waals surface area contributed by atoms with Crippen LogP contribution in [0.4, 0.5) is 4.70 Å². The van der Waals surface area contributed by atoms with Crippen molar-refractivity contribution in [3.05, 3.63) is 0 Å². The Morgan fingerprint density at radius 2 is 0.769 bits per heavy atom. The number of unbranched alkanes of at least 4 members (excludes halogenated alkanes) is 8. The lowest BCUT2D eigenvalue weighted by molar-refractivity contribution is 0.572. The van der Waals surface area contributed by atoms with Crippen LogP contribution in [0.25, 0.3) is 0 Å². The van der Waals surface area contributed by atoms with E-state index in [4.69, 9.17) is 0 Å². The molecule has 0 aliphatic heterocycles. The van der Waals surface area contributed by atoms with Gasteiger partial charge in [-0.1, -0.05) is 71.6 Å². The Balaban J connectivity index is -0.000000500. The number of hydrogen-bond acceptors (Lipinski definition) is 0. The molecule has 0 aliphatic carbocycles. The Kier molecular flexibility index (Phi) is 25.6. The molecule has 0 aliphatic rings. The van der Waals surface area contributed by atoms with Crippen molar-refractivity contribution in [1.82, 2.24) is 0 Å². The quantitative estimate of drug-likeness (QED) is 0.525. The van der Waals surface area contributed by atoms with Crippen LogP contribution in [0.5, 0.6) is 0 Å². The average molecular weight is 194 g/mol. The van der Waals surface area contributed by atoms with Crippen molar-refractivity contribution < 1.29 is 10.2 Å². The molecule has 84 valence electrons. The second-order valence-corrected chi connectivity index (χ2v) is 3.47. The van der Waals surface area contributed by atoms with Crippen LogP contribution in [0.3, 0.4) is 0 Å². The second-order valence-electron chi connectivity index (χ2n) is 3.47. The molecule has 0 radical (unpaired) electrons. The summed E-state index contributed by atoms with van der Waals surface area (Å²) in [4.78, 5) is 0. The third kappa shape index (κ3) is 18.7. The predicted molar refractivity (Wildman–Crippen MR) is 59.0 cm³/mol. The summed E-state index contributed by atoms with van der Waals surface area (Å²) in [6.45, 7) is 4.55. The minimum Gasteiger partial charge on any atom is -0.412 e. The fraction of sp³-hybridized carbons (Fsp3) is 1.00. The van der Waals surface area contributed by atoms with E-state index in [1.54, 1.807) is 0 Å². The molecule has 0 atom stereocenters. The minimum atomic E-state index is 0. The molecule has 0 fully saturated rings. The van der Waals surface area contributed by atoms with E-state index in [1.807, 2.05) is 0 Å². The van der Waals surface area contributed by atoms with Crippen molar-refractivity contribution >= 4 is 0 Å². The van der Waals surface area contributed by atoms with Crippen LogP contribution >= 0.6 is 0 Å². The van der Waals surface area contributed by atoms with E-state index in [0.29, 0.717) is 0 Å². The van der Waals surface area contributed by atoms with Crippen molar-refractivity contribution in [3.63, 3.8) is 0 Å². The van der Waals surface area contributed by atoms with Crippen LogP contribution in [0.15, 0.2) is 0 Å². The van der Waals surface area contributed by atoms with Gasteiger partial charge < -0.3 is 5.48 Å². The fourth-order valence-corrected chi connectivity index (χ4v) is 1.38. The first-order valence-corrected chi connectivity index (χ1v) is 5.41. The Morgan fingerprint density at radius 3 is 1.00 bits per heavy atom. The maximum atomic E-state index is 2.27. The van der Waals surface area contributed by atoms with Crippen molar-refractivity contribution in [2.24, 2.45) is 0 Å². The summed E-state index contributed by atoms with van der Waals surface area (Å²) in [5.41, 5.74) is 0. The Bertz CT molecular complexity index is 59.1. The number of halogens is 1. The molecule has 0 aromatic heterocycles. The van der Waals surface area contributed by atoms with Crippen molar-refractivity contribution in [3.8, 4) is 0 Å². The zero-order valence-corrected chi connectivity index (χ0v) is 9.27. The molecule has 2 N–H and O–H groups in total. The Labute approximate surface area is 82.6 Å². The second kappa shape index (κ2) is 17.8. The highest BCUT2D eigenvalue weighted by Crippen LogP contribution is 2.08. The van der Waals surface area contributed by atoms with Crippen molar-refractivity contribution in [1.29, 1.82) is 0 Å². The largest absolute Gasteiger partial charge is 0.412 e. The summed E-state index contributed by atoms with van der Waals surface area (Å²) in [6.07, 6.45) is 13.0. The molecule has 0 saturated carbocycles. The summed E-state index contributed by atoms with van der Waals surface area (Å²) in [5, 5.41) is 0. The molecule has 0 amide bonds. The lowest BCUT2D eigenvalue weighted by Crippen LogP contribution is -1.79. The third-order valence-electron chi connectivity index (χ3n) is 2.21. The molecule has 0 aromatic carbocycles. The SMILES string of the molecule is CCCCCCCCCCC.F.O. The molecule has 0 rings (SSSR count). The zero-order valence-electron chi connectivity index (χ0n) is 9.27. The van der Waals surface area contributed by atoms with Crippen LogP contribution in [-0.4, -0.2) is 5.48 Å². The lowest BCUT2D eigenvalue weighted by Gasteiger charge is -1.98. The molecule has 0 saturated heterocycles. The molecule has 13 heavy (non-hydrogen) atoms. The Morgan fingerprint density at radius 1 is 0.538 bits per heavy atom. The first-order chi connectivity index (χ1) is 5.41. The third-order valence-corrected chi connectivity index (χ3v) is 2.21. The smallest absolute Gasteiger partial charge is 0.0533 e. The maximum absolute atomic E-state index is 2.27. The summed E-state index contributed by atoms with van der Waals surface area (Å²) < 4.78 is 0. The van der Waals surface area contributed by atoms with Gasteiger partial charge in [-0.05, 0) is 0 Å². The molecule has 1 nitrogen and oxygen atoms in total. The molecule has 0 unspecified atom stereocenters. The van der Waals surface area contributed by atoms with Crippen LogP contribution < -0.4 is 0 Å². The normalized spacial score (nSPS) is 8.77. The van der Waals surface area contributed by atoms with Gasteiger partial charge in [0.15, 0.2) is 0 Å². The van der Waals surface area contributed by atoms with Gasteiger partial charge >= 0.3 is 0 Å². The number of rotatable bonds is 8. The van der Waals surface area contributed by atoms with Gasteiger partial charge in [-0.15, -0.1) is 0 Å². The molecule has 0 heterocycles. The van der Waals surface area contributed by atoms with Gasteiger partial charge in [0.05, 0.1) is 0 Å². The van der Waals surface area contributed by atoms with E-state index in [9.17, 15) is 0 Å². The van der Waals surface area contributed by atoms with E-state index in [0.717, 1.165) is 0 Å². The first kappa shape index (κ1) is 18.6. The van der Waals surface area contributed by atoms with Crippen LogP contribution in [0.1, 0.15) is 71.6 Å². The number of hydrogen-bond donors (Lipinski definition) is 0. The van der Waals surface area contributed by atoms with Gasteiger partial charge in [0.1, 0.15) is 0 Å².